The molecule has 0 bridgehead atoms. The molecule has 0 atom stereocenters. The van der Waals surface area contributed by atoms with E-state index in [9.17, 15) is 9.59 Å². The largest absolute Gasteiger partial charge is 0.330 e. The molecule has 0 aliphatic carbocycles. The van der Waals surface area contributed by atoms with Crippen LogP contribution in [0.25, 0.3) is 0 Å². The molecular formula is C12H24N2O2Si2. The van der Waals surface area contributed by atoms with Crippen LogP contribution in [0, 0.1) is 0 Å². The summed E-state index contributed by atoms with van der Waals surface area (Å²) in [5.41, 5.74) is 6.32. The summed E-state index contributed by atoms with van der Waals surface area (Å²) in [6.07, 6.45) is 2.24. The van der Waals surface area contributed by atoms with Crippen LogP contribution in [0.1, 0.15) is 13.3 Å². The van der Waals surface area contributed by atoms with Crippen LogP contribution in [0.4, 0.5) is 0 Å². The van der Waals surface area contributed by atoms with Crippen molar-refractivity contribution in [3.8, 4) is 0 Å². The van der Waals surface area contributed by atoms with E-state index in [1.807, 2.05) is 0 Å². The van der Waals surface area contributed by atoms with Gasteiger partial charge in [0.2, 0.25) is 0 Å². The van der Waals surface area contributed by atoms with Gasteiger partial charge in [-0.05, 0) is 19.9 Å². The van der Waals surface area contributed by atoms with Gasteiger partial charge in [0.1, 0.15) is 0 Å². The number of hydrogen-bond donors (Lipinski definition) is 1. The van der Waals surface area contributed by atoms with Crippen molar-refractivity contribution >= 4 is 29.4 Å². The summed E-state index contributed by atoms with van der Waals surface area (Å²) >= 11 is 0. The number of carbonyl (C=O) groups is 2. The number of nitrogens with two attached hydrogens (primary N) is 1. The average Bonchev–Trinajstić information content (AvgIpc) is 2.50. The molecule has 1 heterocycles. The Labute approximate surface area is 112 Å². The Kier molecular flexibility index (Phi) is 4.68. The summed E-state index contributed by atoms with van der Waals surface area (Å²) in [7, 11) is -2.44. The van der Waals surface area contributed by atoms with Crippen LogP contribution in [0.5, 0.6) is 0 Å². The Hall–Kier alpha value is -0.726. The van der Waals surface area contributed by atoms with E-state index in [2.05, 4.69) is 26.2 Å². The van der Waals surface area contributed by atoms with Crippen molar-refractivity contribution in [2.24, 2.45) is 5.73 Å². The van der Waals surface area contributed by atoms with Crippen LogP contribution in [-0.2, 0) is 9.59 Å². The lowest BCUT2D eigenvalue weighted by atomic mass is 10.3. The predicted molar refractivity (Wildman–Crippen MR) is 79.8 cm³/mol. The number of carbonyl (C=O) groups excluding carboxylic acids is 2. The van der Waals surface area contributed by atoms with Gasteiger partial charge in [0.05, 0.1) is 17.6 Å². The van der Waals surface area contributed by atoms with Crippen LogP contribution in [0.3, 0.4) is 0 Å². The maximum absolute atomic E-state index is 12.3. The van der Waals surface area contributed by atoms with Crippen LogP contribution in [-0.4, -0.2) is 45.6 Å². The third-order valence-electron chi connectivity index (χ3n) is 4.06. The van der Waals surface area contributed by atoms with Crippen molar-refractivity contribution in [1.82, 2.24) is 4.90 Å². The lowest BCUT2D eigenvalue weighted by Crippen LogP contribution is -2.67. The first-order valence-corrected chi connectivity index (χ1v) is 12.3. The first-order chi connectivity index (χ1) is 8.28. The molecule has 1 aliphatic rings. The lowest BCUT2D eigenvalue weighted by Gasteiger charge is -2.46. The summed E-state index contributed by atoms with van der Waals surface area (Å²) in [6.45, 7) is 11.1. The molecular weight excluding hydrogens is 260 g/mol. The highest BCUT2D eigenvalue weighted by Crippen LogP contribution is 2.31. The predicted octanol–water partition coefficient (Wildman–Crippen LogP) is 0.441. The van der Waals surface area contributed by atoms with Gasteiger partial charge < -0.3 is 5.73 Å². The molecule has 0 spiro atoms. The molecule has 0 fully saturated rings. The molecule has 0 aromatic carbocycles. The van der Waals surface area contributed by atoms with E-state index < -0.39 is 17.6 Å². The zero-order valence-electron chi connectivity index (χ0n) is 12.0. The topological polar surface area (TPSA) is 63.4 Å². The maximum Gasteiger partial charge on any atom is 0.256 e. The van der Waals surface area contributed by atoms with Crippen LogP contribution >= 0.6 is 0 Å². The van der Waals surface area contributed by atoms with Gasteiger partial charge in [0.15, 0.2) is 0 Å². The number of imide groups is 1. The minimum atomic E-state index is -1.22. The molecule has 4 nitrogen and oxygen atoms in total. The fourth-order valence-corrected chi connectivity index (χ4v) is 11.4. The van der Waals surface area contributed by atoms with Crippen LogP contribution < -0.4 is 5.73 Å². The van der Waals surface area contributed by atoms with Gasteiger partial charge in [-0.25, -0.2) is 0 Å². The standard InChI is InChI=1S/C12H24N2O2Si2/c1-9-8-10(15)14(11(9)16)12(6-7-13,17(2)3)18(4)5/h8,17-18H,6-7,13H2,1-5H3. The molecule has 0 aromatic rings. The zero-order valence-corrected chi connectivity index (χ0v) is 14.3. The van der Waals surface area contributed by atoms with Crippen molar-refractivity contribution in [3.05, 3.63) is 11.6 Å². The second-order valence-electron chi connectivity index (χ2n) is 5.65. The Morgan fingerprint density at radius 2 is 1.72 bits per heavy atom. The third-order valence-corrected chi connectivity index (χ3v) is 13.2. The SMILES string of the molecule is CC1=CC(=O)N(C(CCN)([SiH](C)C)[SiH](C)C)C1=O. The summed E-state index contributed by atoms with van der Waals surface area (Å²) in [5, 5.41) is 0. The van der Waals surface area contributed by atoms with E-state index in [1.54, 1.807) is 11.8 Å². The molecule has 2 N–H and O–H groups in total. The molecule has 0 aromatic heterocycles. The van der Waals surface area contributed by atoms with Crippen molar-refractivity contribution in [2.45, 2.75) is 44.3 Å². The van der Waals surface area contributed by atoms with Crippen molar-refractivity contribution in [2.75, 3.05) is 6.54 Å². The lowest BCUT2D eigenvalue weighted by molar-refractivity contribution is -0.139. The Balaban J connectivity index is 3.28. The first-order valence-electron chi connectivity index (χ1n) is 6.55. The van der Waals surface area contributed by atoms with Crippen molar-refractivity contribution < 1.29 is 9.59 Å². The summed E-state index contributed by atoms with van der Waals surface area (Å²) in [5.74, 6) is -0.232. The van der Waals surface area contributed by atoms with E-state index in [0.29, 0.717) is 12.1 Å². The zero-order chi connectivity index (χ0) is 14.1. The van der Waals surface area contributed by atoms with E-state index in [-0.39, 0.29) is 16.6 Å². The molecule has 0 saturated carbocycles. The Morgan fingerprint density at radius 1 is 1.22 bits per heavy atom. The number of amides is 2. The van der Waals surface area contributed by atoms with Gasteiger partial charge in [-0.3, -0.25) is 14.5 Å². The smallest absolute Gasteiger partial charge is 0.256 e. The van der Waals surface area contributed by atoms with Gasteiger partial charge in [-0.15, -0.1) is 0 Å². The summed E-state index contributed by atoms with van der Waals surface area (Å²) < 4.78 is 0. The van der Waals surface area contributed by atoms with E-state index in [4.69, 9.17) is 5.73 Å². The van der Waals surface area contributed by atoms with Crippen molar-refractivity contribution in [3.63, 3.8) is 0 Å². The molecule has 0 radical (unpaired) electrons. The van der Waals surface area contributed by atoms with Gasteiger partial charge in [0, 0.05) is 16.4 Å². The fourth-order valence-electron chi connectivity index (χ4n) is 3.09. The second kappa shape index (κ2) is 5.50. The highest BCUT2D eigenvalue weighted by molar-refractivity contribution is 6.81. The van der Waals surface area contributed by atoms with Gasteiger partial charge in [0.25, 0.3) is 11.8 Å². The van der Waals surface area contributed by atoms with E-state index in [1.165, 1.54) is 6.08 Å². The minimum absolute atomic E-state index is 0.101. The first kappa shape index (κ1) is 15.3. The van der Waals surface area contributed by atoms with Crippen molar-refractivity contribution in [1.29, 1.82) is 0 Å². The Bertz CT molecular complexity index is 384. The molecule has 0 unspecified atom stereocenters. The van der Waals surface area contributed by atoms with Crippen LogP contribution in [0.2, 0.25) is 26.2 Å². The Morgan fingerprint density at radius 3 is 2.00 bits per heavy atom. The average molecular weight is 285 g/mol. The van der Waals surface area contributed by atoms with E-state index in [0.717, 1.165) is 6.42 Å². The molecule has 1 rings (SSSR count). The van der Waals surface area contributed by atoms with Crippen LogP contribution in [0.15, 0.2) is 11.6 Å². The highest BCUT2D eigenvalue weighted by Gasteiger charge is 2.49. The van der Waals surface area contributed by atoms with E-state index >= 15 is 0 Å². The molecule has 18 heavy (non-hydrogen) atoms. The molecule has 102 valence electrons. The minimum Gasteiger partial charge on any atom is -0.330 e. The highest BCUT2D eigenvalue weighted by atomic mass is 28.3. The summed E-state index contributed by atoms with van der Waals surface area (Å²) in [4.78, 5) is 25.8. The monoisotopic (exact) mass is 284 g/mol. The van der Waals surface area contributed by atoms with Gasteiger partial charge >= 0.3 is 0 Å². The third kappa shape index (κ3) is 2.24. The summed E-state index contributed by atoms with van der Waals surface area (Å²) in [6, 6.07) is 0. The fraction of sp³-hybridized carbons (Fsp3) is 0.667. The van der Waals surface area contributed by atoms with Gasteiger partial charge in [-0.2, -0.15) is 0 Å². The van der Waals surface area contributed by atoms with Gasteiger partial charge in [-0.1, -0.05) is 26.2 Å². The molecule has 6 heteroatoms. The number of hydrogen-bond acceptors (Lipinski definition) is 3. The normalized spacial score (nSPS) is 17.1. The maximum atomic E-state index is 12.3. The molecule has 2 amide bonds. The number of rotatable bonds is 5. The number of nitrogens with zero attached hydrogens (tertiary/aromatic N) is 1. The second-order valence-corrected chi connectivity index (χ2v) is 12.9. The molecule has 1 aliphatic heterocycles. The molecule has 0 saturated heterocycles. The quantitative estimate of drug-likeness (QED) is 0.588.